The Morgan fingerprint density at radius 1 is 1.00 bits per heavy atom. The van der Waals surface area contributed by atoms with Crippen molar-refractivity contribution in [2.24, 2.45) is 0 Å². The lowest BCUT2D eigenvalue weighted by Gasteiger charge is -2.02. The summed E-state index contributed by atoms with van der Waals surface area (Å²) in [4.78, 5) is 0. The van der Waals surface area contributed by atoms with Crippen LogP contribution in [0.15, 0.2) is 30.3 Å². The third kappa shape index (κ3) is 1.29. The van der Waals surface area contributed by atoms with Crippen LogP contribution in [0.3, 0.4) is 0 Å². The monoisotopic (exact) mass is 194 g/mol. The largest absolute Gasteiger partial charge is 0.504 e. The van der Waals surface area contributed by atoms with E-state index in [9.17, 15) is 10.2 Å². The van der Waals surface area contributed by atoms with Crippen LogP contribution < -0.4 is 0 Å². The van der Waals surface area contributed by atoms with Gasteiger partial charge in [-0.3, -0.25) is 0 Å². The molecule has 0 saturated heterocycles. The molecule has 2 nitrogen and oxygen atoms in total. The summed E-state index contributed by atoms with van der Waals surface area (Å²) in [6, 6.07) is 8.31. The highest BCUT2D eigenvalue weighted by atomic mass is 35.5. The SMILES string of the molecule is Oc1ccc2ccc(Cl)cc2c1O. The number of aromatic hydroxyl groups is 2. The third-order valence-electron chi connectivity index (χ3n) is 1.93. The number of hydrogen-bond donors (Lipinski definition) is 2. The Labute approximate surface area is 80.0 Å². The van der Waals surface area contributed by atoms with E-state index in [4.69, 9.17) is 11.6 Å². The third-order valence-corrected chi connectivity index (χ3v) is 2.17. The number of rotatable bonds is 0. The van der Waals surface area contributed by atoms with Crippen molar-refractivity contribution in [3.05, 3.63) is 35.4 Å². The van der Waals surface area contributed by atoms with Gasteiger partial charge in [0.05, 0.1) is 0 Å². The maximum Gasteiger partial charge on any atom is 0.165 e. The van der Waals surface area contributed by atoms with E-state index in [2.05, 4.69) is 0 Å². The lowest BCUT2D eigenvalue weighted by Crippen LogP contribution is -1.75. The minimum atomic E-state index is -0.130. The van der Waals surface area contributed by atoms with Gasteiger partial charge >= 0.3 is 0 Å². The van der Waals surface area contributed by atoms with Gasteiger partial charge in [0.2, 0.25) is 0 Å². The number of fused-ring (bicyclic) bond motifs is 1. The zero-order chi connectivity index (χ0) is 9.42. The highest BCUT2D eigenvalue weighted by Crippen LogP contribution is 2.34. The first-order chi connectivity index (χ1) is 6.18. The molecule has 2 rings (SSSR count). The Morgan fingerprint density at radius 3 is 2.46 bits per heavy atom. The maximum atomic E-state index is 9.47. The van der Waals surface area contributed by atoms with Gasteiger partial charge in [-0.1, -0.05) is 23.7 Å². The van der Waals surface area contributed by atoms with Crippen molar-refractivity contribution in [1.82, 2.24) is 0 Å². The average Bonchev–Trinajstić information content (AvgIpc) is 2.12. The van der Waals surface area contributed by atoms with Gasteiger partial charge in [0.25, 0.3) is 0 Å². The normalized spacial score (nSPS) is 10.5. The number of phenols is 2. The van der Waals surface area contributed by atoms with Crippen LogP contribution in [0.2, 0.25) is 5.02 Å². The molecule has 3 heteroatoms. The highest BCUT2D eigenvalue weighted by Gasteiger charge is 2.04. The molecule has 2 aromatic carbocycles. The second kappa shape index (κ2) is 2.82. The van der Waals surface area contributed by atoms with Crippen molar-refractivity contribution >= 4 is 22.4 Å². The number of phenolic OH excluding ortho intramolecular Hbond substituents is 2. The van der Waals surface area contributed by atoms with Crippen LogP contribution in [0.1, 0.15) is 0 Å². The predicted octanol–water partition coefficient (Wildman–Crippen LogP) is 2.90. The summed E-state index contributed by atoms with van der Waals surface area (Å²) in [5.74, 6) is -0.255. The van der Waals surface area contributed by atoms with Crippen LogP contribution in [0.4, 0.5) is 0 Å². The lowest BCUT2D eigenvalue weighted by atomic mass is 10.1. The Hall–Kier alpha value is -1.41. The molecule has 0 aliphatic heterocycles. The maximum absolute atomic E-state index is 9.47. The molecule has 2 N–H and O–H groups in total. The molecule has 0 radical (unpaired) electrons. The van der Waals surface area contributed by atoms with Crippen molar-refractivity contribution in [2.45, 2.75) is 0 Å². The first-order valence-electron chi connectivity index (χ1n) is 3.78. The van der Waals surface area contributed by atoms with Crippen LogP contribution in [-0.4, -0.2) is 10.2 Å². The minimum absolute atomic E-state index is 0.125. The van der Waals surface area contributed by atoms with Crippen LogP contribution in [0.25, 0.3) is 10.8 Å². The molecular formula is C10H7ClO2. The van der Waals surface area contributed by atoms with E-state index < -0.39 is 0 Å². The summed E-state index contributed by atoms with van der Waals surface area (Å²) in [5.41, 5.74) is 0. The number of halogens is 1. The van der Waals surface area contributed by atoms with Crippen molar-refractivity contribution in [3.63, 3.8) is 0 Å². The highest BCUT2D eigenvalue weighted by molar-refractivity contribution is 6.31. The van der Waals surface area contributed by atoms with E-state index in [0.29, 0.717) is 10.4 Å². The molecule has 0 spiro atoms. The molecule has 0 fully saturated rings. The van der Waals surface area contributed by atoms with Crippen LogP contribution in [0, 0.1) is 0 Å². The molecule has 0 amide bonds. The van der Waals surface area contributed by atoms with Gasteiger partial charge in [-0.15, -0.1) is 0 Å². The van der Waals surface area contributed by atoms with Crippen molar-refractivity contribution < 1.29 is 10.2 Å². The van der Waals surface area contributed by atoms with Crippen LogP contribution >= 0.6 is 11.6 Å². The number of hydrogen-bond acceptors (Lipinski definition) is 2. The Bertz CT molecular complexity index is 460. The molecular weight excluding hydrogens is 188 g/mol. The smallest absolute Gasteiger partial charge is 0.165 e. The van der Waals surface area contributed by atoms with E-state index in [0.717, 1.165) is 5.39 Å². The molecule has 0 aliphatic carbocycles. The second-order valence-electron chi connectivity index (χ2n) is 2.80. The zero-order valence-corrected chi connectivity index (χ0v) is 7.42. The molecule has 0 aliphatic rings. The number of benzene rings is 2. The average molecular weight is 195 g/mol. The second-order valence-corrected chi connectivity index (χ2v) is 3.24. The Balaban J connectivity index is 2.89. The lowest BCUT2D eigenvalue weighted by molar-refractivity contribution is 0.408. The van der Waals surface area contributed by atoms with E-state index >= 15 is 0 Å². The van der Waals surface area contributed by atoms with Crippen molar-refractivity contribution in [3.8, 4) is 11.5 Å². The summed E-state index contributed by atoms with van der Waals surface area (Å²) in [6.07, 6.45) is 0. The van der Waals surface area contributed by atoms with Crippen molar-refractivity contribution in [2.75, 3.05) is 0 Å². The van der Waals surface area contributed by atoms with Gasteiger partial charge in [-0.05, 0) is 23.6 Å². The molecule has 13 heavy (non-hydrogen) atoms. The van der Waals surface area contributed by atoms with Gasteiger partial charge in [-0.2, -0.15) is 0 Å². The Kier molecular flexibility index (Phi) is 1.78. The van der Waals surface area contributed by atoms with E-state index in [1.54, 1.807) is 24.3 Å². The first kappa shape index (κ1) is 8.20. The van der Waals surface area contributed by atoms with Gasteiger partial charge < -0.3 is 10.2 Å². The quantitative estimate of drug-likeness (QED) is 0.633. The van der Waals surface area contributed by atoms with Gasteiger partial charge in [-0.25, -0.2) is 0 Å². The zero-order valence-electron chi connectivity index (χ0n) is 6.66. The molecule has 66 valence electrons. The molecule has 0 saturated carbocycles. The van der Waals surface area contributed by atoms with Crippen LogP contribution in [0.5, 0.6) is 11.5 Å². The van der Waals surface area contributed by atoms with E-state index in [-0.39, 0.29) is 11.5 Å². The molecule has 0 atom stereocenters. The molecule has 2 aromatic rings. The van der Waals surface area contributed by atoms with Gasteiger partial charge in [0.1, 0.15) is 0 Å². The first-order valence-corrected chi connectivity index (χ1v) is 4.16. The summed E-state index contributed by atoms with van der Waals surface area (Å²) in [5, 5.41) is 20.6. The summed E-state index contributed by atoms with van der Waals surface area (Å²) in [7, 11) is 0. The Morgan fingerprint density at radius 2 is 1.69 bits per heavy atom. The fraction of sp³-hybridized carbons (Fsp3) is 0. The van der Waals surface area contributed by atoms with Gasteiger partial charge in [0.15, 0.2) is 11.5 Å². The molecule has 0 unspecified atom stereocenters. The standard InChI is InChI=1S/C10H7ClO2/c11-7-3-1-6-2-4-9(12)10(13)8(6)5-7/h1-5,12-13H. The van der Waals surface area contributed by atoms with E-state index in [1.807, 2.05) is 0 Å². The van der Waals surface area contributed by atoms with Gasteiger partial charge in [0, 0.05) is 10.4 Å². The minimum Gasteiger partial charge on any atom is -0.504 e. The predicted molar refractivity (Wildman–Crippen MR) is 52.3 cm³/mol. The summed E-state index contributed by atoms with van der Waals surface area (Å²) >= 11 is 5.75. The fourth-order valence-corrected chi connectivity index (χ4v) is 1.44. The fourth-order valence-electron chi connectivity index (χ4n) is 1.26. The molecule has 0 bridgehead atoms. The van der Waals surface area contributed by atoms with Crippen molar-refractivity contribution in [1.29, 1.82) is 0 Å². The molecule has 0 heterocycles. The summed E-state index contributed by atoms with van der Waals surface area (Å²) in [6.45, 7) is 0. The topological polar surface area (TPSA) is 40.5 Å². The van der Waals surface area contributed by atoms with Crippen LogP contribution in [-0.2, 0) is 0 Å². The van der Waals surface area contributed by atoms with E-state index in [1.165, 1.54) is 6.07 Å². The summed E-state index contributed by atoms with van der Waals surface area (Å²) < 4.78 is 0. The molecule has 0 aromatic heterocycles.